The zero-order chi connectivity index (χ0) is 25.9. The summed E-state index contributed by atoms with van der Waals surface area (Å²) in [5.74, 6) is 1.10. The first kappa shape index (κ1) is 24.6. The summed E-state index contributed by atoms with van der Waals surface area (Å²) in [5, 5.41) is 0. The standard InChI is InChI=1S/C30H39FN4O3/c1-20-6-8-30(25-12-22(32)4-5-23(20)25)15-26-24(17-38-30)27(34-9-3-11-36-19-34)13-28(33-26)37-18-29-7-2-10-35(29)16-21(31)14-29/h4-5,12-13,20-21H,2-3,6-11,14-19,32H2,1H3/t20-,21+,29-,30+/m0/s1. The second kappa shape index (κ2) is 9.35. The van der Waals surface area contributed by atoms with Gasteiger partial charge in [0.15, 0.2) is 0 Å². The molecule has 2 N–H and O–H groups in total. The summed E-state index contributed by atoms with van der Waals surface area (Å²) in [6.07, 6.45) is 5.55. The highest BCUT2D eigenvalue weighted by Crippen LogP contribution is 2.50. The van der Waals surface area contributed by atoms with E-state index < -0.39 is 11.8 Å². The number of halogens is 1. The average molecular weight is 523 g/mol. The maximum Gasteiger partial charge on any atom is 0.215 e. The summed E-state index contributed by atoms with van der Waals surface area (Å²) in [6.45, 7) is 7.01. The van der Waals surface area contributed by atoms with Crippen molar-refractivity contribution in [3.63, 3.8) is 0 Å². The van der Waals surface area contributed by atoms with Gasteiger partial charge in [0, 0.05) is 43.2 Å². The second-order valence-electron chi connectivity index (χ2n) is 12.2. The first-order valence-electron chi connectivity index (χ1n) is 14.4. The maximum atomic E-state index is 14.4. The van der Waals surface area contributed by atoms with Crippen LogP contribution in [-0.4, -0.2) is 61.2 Å². The molecule has 3 saturated heterocycles. The molecule has 4 aliphatic heterocycles. The smallest absolute Gasteiger partial charge is 0.215 e. The molecule has 0 amide bonds. The predicted molar refractivity (Wildman–Crippen MR) is 144 cm³/mol. The minimum absolute atomic E-state index is 0.203. The zero-order valence-electron chi connectivity index (χ0n) is 22.4. The monoisotopic (exact) mass is 522 g/mol. The molecule has 0 saturated carbocycles. The van der Waals surface area contributed by atoms with Crippen molar-refractivity contribution in [2.24, 2.45) is 0 Å². The number of benzene rings is 1. The van der Waals surface area contributed by atoms with Gasteiger partial charge in [0.05, 0.1) is 35.7 Å². The van der Waals surface area contributed by atoms with Crippen molar-refractivity contribution in [2.45, 2.75) is 81.7 Å². The molecule has 3 fully saturated rings. The molecule has 8 heteroatoms. The quantitative estimate of drug-likeness (QED) is 0.585. The van der Waals surface area contributed by atoms with E-state index in [1.807, 2.05) is 6.07 Å². The van der Waals surface area contributed by atoms with Crippen LogP contribution in [0.4, 0.5) is 15.8 Å². The summed E-state index contributed by atoms with van der Waals surface area (Å²) in [7, 11) is 0. The molecule has 38 heavy (non-hydrogen) atoms. The largest absolute Gasteiger partial charge is 0.476 e. The van der Waals surface area contributed by atoms with Crippen molar-refractivity contribution in [1.29, 1.82) is 0 Å². The van der Waals surface area contributed by atoms with Crippen molar-refractivity contribution in [3.05, 3.63) is 46.6 Å². The van der Waals surface area contributed by atoms with Crippen LogP contribution >= 0.6 is 0 Å². The van der Waals surface area contributed by atoms with Crippen LogP contribution in [-0.2, 0) is 28.1 Å². The highest BCUT2D eigenvalue weighted by Gasteiger charge is 2.49. The van der Waals surface area contributed by atoms with E-state index in [1.54, 1.807) is 0 Å². The van der Waals surface area contributed by atoms with Crippen LogP contribution in [0.5, 0.6) is 5.88 Å². The Labute approximate surface area is 224 Å². The number of aromatic nitrogens is 1. The Balaban J connectivity index is 1.24. The van der Waals surface area contributed by atoms with E-state index in [9.17, 15) is 4.39 Å². The molecule has 0 radical (unpaired) electrons. The van der Waals surface area contributed by atoms with Crippen molar-refractivity contribution < 1.29 is 18.6 Å². The summed E-state index contributed by atoms with van der Waals surface area (Å²) in [6, 6.07) is 8.34. The first-order valence-corrected chi connectivity index (χ1v) is 14.4. The number of anilines is 2. The molecule has 204 valence electrons. The molecule has 2 aromatic rings. The lowest BCUT2D eigenvalue weighted by Gasteiger charge is -2.45. The Morgan fingerprint density at radius 3 is 3.00 bits per heavy atom. The van der Waals surface area contributed by atoms with E-state index in [0.717, 1.165) is 74.4 Å². The Kier molecular flexibility index (Phi) is 6.05. The van der Waals surface area contributed by atoms with Crippen LogP contribution in [0, 0.1) is 0 Å². The summed E-state index contributed by atoms with van der Waals surface area (Å²) in [4.78, 5) is 9.68. The molecule has 1 aliphatic carbocycles. The van der Waals surface area contributed by atoms with Crippen LogP contribution in [0.15, 0.2) is 24.3 Å². The van der Waals surface area contributed by atoms with Crippen molar-refractivity contribution in [1.82, 2.24) is 9.88 Å². The Hall–Kier alpha value is -2.42. The molecular weight excluding hydrogens is 483 g/mol. The van der Waals surface area contributed by atoms with E-state index in [2.05, 4.69) is 34.9 Å². The van der Waals surface area contributed by atoms with E-state index in [1.165, 1.54) is 11.1 Å². The van der Waals surface area contributed by atoms with E-state index in [-0.39, 0.29) is 5.54 Å². The van der Waals surface area contributed by atoms with Crippen LogP contribution < -0.4 is 15.4 Å². The fourth-order valence-electron chi connectivity index (χ4n) is 7.69. The molecule has 5 aliphatic rings. The molecule has 7 rings (SSSR count). The number of hydrogen-bond acceptors (Lipinski definition) is 7. The number of nitrogens with two attached hydrogens (primary N) is 1. The van der Waals surface area contributed by atoms with Gasteiger partial charge in [0.1, 0.15) is 19.5 Å². The highest BCUT2D eigenvalue weighted by atomic mass is 19.1. The van der Waals surface area contributed by atoms with Gasteiger partial charge in [0.2, 0.25) is 5.88 Å². The van der Waals surface area contributed by atoms with Gasteiger partial charge in [-0.25, -0.2) is 9.37 Å². The normalized spacial score (nSPS) is 32.7. The number of ether oxygens (including phenoxy) is 3. The molecule has 1 spiro atoms. The molecule has 1 aromatic heterocycles. The van der Waals surface area contributed by atoms with E-state index in [0.29, 0.717) is 51.1 Å². The number of nitrogen functional groups attached to an aromatic ring is 1. The molecule has 4 atom stereocenters. The predicted octanol–water partition coefficient (Wildman–Crippen LogP) is 4.67. The molecular formula is C30H39FN4O3. The van der Waals surface area contributed by atoms with Gasteiger partial charge in [-0.05, 0) is 67.8 Å². The lowest BCUT2D eigenvalue weighted by atomic mass is 9.71. The fraction of sp³-hybridized carbons (Fsp3) is 0.633. The summed E-state index contributed by atoms with van der Waals surface area (Å²) < 4.78 is 33.5. The highest BCUT2D eigenvalue weighted by molar-refractivity contribution is 5.59. The first-order chi connectivity index (χ1) is 18.4. The lowest BCUT2D eigenvalue weighted by molar-refractivity contribution is -0.0870. The van der Waals surface area contributed by atoms with Gasteiger partial charge in [-0.3, -0.25) is 4.90 Å². The number of fused-ring (bicyclic) bond motifs is 4. The molecule has 7 nitrogen and oxygen atoms in total. The number of alkyl halides is 1. The van der Waals surface area contributed by atoms with Crippen LogP contribution in [0.3, 0.4) is 0 Å². The zero-order valence-corrected chi connectivity index (χ0v) is 22.4. The van der Waals surface area contributed by atoms with Gasteiger partial charge in [-0.2, -0.15) is 0 Å². The summed E-state index contributed by atoms with van der Waals surface area (Å²) in [5.41, 5.74) is 12.2. The van der Waals surface area contributed by atoms with Gasteiger partial charge < -0.3 is 24.8 Å². The Morgan fingerprint density at radius 2 is 2.13 bits per heavy atom. The topological polar surface area (TPSA) is 73.1 Å². The number of pyridine rings is 1. The molecule has 0 bridgehead atoms. The third kappa shape index (κ3) is 4.07. The minimum atomic E-state index is -0.769. The SMILES string of the molecule is C[C@H]1CC[C@@]2(Cc3nc(OC[C@@]45CCCN4C[C@H](F)C5)cc(N4CCCOC4)c3CO2)c2cc(N)ccc21. The molecule has 1 aromatic carbocycles. The van der Waals surface area contributed by atoms with Gasteiger partial charge >= 0.3 is 0 Å². The van der Waals surface area contributed by atoms with E-state index >= 15 is 0 Å². The van der Waals surface area contributed by atoms with Crippen molar-refractivity contribution in [3.8, 4) is 5.88 Å². The summed E-state index contributed by atoms with van der Waals surface area (Å²) >= 11 is 0. The maximum absolute atomic E-state index is 14.4. The minimum Gasteiger partial charge on any atom is -0.476 e. The van der Waals surface area contributed by atoms with E-state index in [4.69, 9.17) is 24.9 Å². The van der Waals surface area contributed by atoms with Gasteiger partial charge in [-0.15, -0.1) is 0 Å². The van der Waals surface area contributed by atoms with Gasteiger partial charge in [-0.1, -0.05) is 13.0 Å². The molecule has 0 unspecified atom stereocenters. The van der Waals surface area contributed by atoms with Gasteiger partial charge in [0.25, 0.3) is 0 Å². The van der Waals surface area contributed by atoms with Crippen molar-refractivity contribution >= 4 is 11.4 Å². The second-order valence-corrected chi connectivity index (χ2v) is 12.2. The fourth-order valence-corrected chi connectivity index (χ4v) is 7.69. The molecule has 5 heterocycles. The van der Waals surface area contributed by atoms with Crippen LogP contribution in [0.25, 0.3) is 0 Å². The third-order valence-electron chi connectivity index (χ3n) is 9.74. The Morgan fingerprint density at radius 1 is 1.21 bits per heavy atom. The van der Waals surface area contributed by atoms with Crippen LogP contribution in [0.1, 0.15) is 73.8 Å². The number of rotatable bonds is 4. The average Bonchev–Trinajstić information content (AvgIpc) is 3.45. The lowest BCUT2D eigenvalue weighted by Crippen LogP contribution is -2.44. The van der Waals surface area contributed by atoms with Crippen molar-refractivity contribution in [2.75, 3.05) is 50.2 Å². The Bertz CT molecular complexity index is 1220. The third-order valence-corrected chi connectivity index (χ3v) is 9.74. The van der Waals surface area contributed by atoms with Crippen LogP contribution in [0.2, 0.25) is 0 Å². The number of hydrogen-bond donors (Lipinski definition) is 1. The number of nitrogens with zero attached hydrogens (tertiary/aromatic N) is 3.